The van der Waals surface area contributed by atoms with Crippen LogP contribution in [-0.4, -0.2) is 17.1 Å². The molecule has 1 heterocycles. The first-order valence-electron chi connectivity index (χ1n) is 5.18. The number of nitrogens with zero attached hydrogens (tertiary/aromatic N) is 1. The number of carbonyl (C=O) groups excluding carboxylic acids is 1. The summed E-state index contributed by atoms with van der Waals surface area (Å²) in [6.07, 6.45) is 4.93. The lowest BCUT2D eigenvalue weighted by molar-refractivity contribution is -0.105. The molecule has 0 saturated heterocycles. The minimum Gasteiger partial charge on any atom is -0.457 e. The van der Waals surface area contributed by atoms with E-state index in [0.717, 1.165) is 6.08 Å². The molecule has 0 unspecified atom stereocenters. The monoisotopic (exact) mass is 247 g/mol. The van der Waals surface area contributed by atoms with Crippen molar-refractivity contribution in [2.75, 3.05) is 5.32 Å². The molecule has 1 aliphatic carbocycles. The average Bonchev–Trinajstić information content (AvgIpc) is 2.35. The summed E-state index contributed by atoms with van der Waals surface area (Å²) >= 11 is 0. The molecule has 2 N–H and O–H groups in total. The maximum absolute atomic E-state index is 13.2. The van der Waals surface area contributed by atoms with Crippen LogP contribution in [0.4, 0.5) is 10.2 Å². The van der Waals surface area contributed by atoms with Gasteiger partial charge in [0, 0.05) is 24.8 Å². The molecule has 0 radical (unpaired) electrons. The van der Waals surface area contributed by atoms with E-state index in [0.29, 0.717) is 23.7 Å². The third kappa shape index (κ3) is 2.79. The first-order chi connectivity index (χ1) is 8.69. The molecular weight excluding hydrogens is 237 g/mol. The fourth-order valence-corrected chi connectivity index (χ4v) is 1.39. The molecular formula is C12H10FN3O2. The smallest absolute Gasteiger partial charge is 0.212 e. The Hall–Kier alpha value is -2.50. The van der Waals surface area contributed by atoms with Crippen molar-refractivity contribution in [3.63, 3.8) is 0 Å². The van der Waals surface area contributed by atoms with E-state index < -0.39 is 5.83 Å². The molecule has 0 atom stereocenters. The number of carbonyl (C=O) groups is 1. The van der Waals surface area contributed by atoms with Crippen LogP contribution < -0.4 is 10.1 Å². The van der Waals surface area contributed by atoms with Crippen LogP contribution in [0, 0.1) is 5.41 Å². The van der Waals surface area contributed by atoms with Gasteiger partial charge in [0.25, 0.3) is 0 Å². The normalized spacial score (nSPS) is 14.6. The number of halogens is 1. The molecule has 1 amide bonds. The lowest BCUT2D eigenvalue weighted by Crippen LogP contribution is -2.05. The number of hydrogen-bond acceptors (Lipinski definition) is 4. The van der Waals surface area contributed by atoms with Crippen molar-refractivity contribution < 1.29 is 13.9 Å². The number of aromatic nitrogens is 1. The third-order valence-corrected chi connectivity index (χ3v) is 2.24. The Morgan fingerprint density at radius 3 is 3.11 bits per heavy atom. The minimum atomic E-state index is -0.604. The van der Waals surface area contributed by atoms with Gasteiger partial charge in [-0.1, -0.05) is 0 Å². The van der Waals surface area contributed by atoms with E-state index in [4.69, 9.17) is 10.1 Å². The van der Waals surface area contributed by atoms with Crippen molar-refractivity contribution in [2.24, 2.45) is 0 Å². The van der Waals surface area contributed by atoms with Crippen LogP contribution in [0.5, 0.6) is 5.75 Å². The van der Waals surface area contributed by atoms with E-state index in [1.54, 1.807) is 12.1 Å². The van der Waals surface area contributed by atoms with Crippen molar-refractivity contribution in [3.8, 4) is 5.75 Å². The van der Waals surface area contributed by atoms with Crippen LogP contribution >= 0.6 is 0 Å². The summed E-state index contributed by atoms with van der Waals surface area (Å²) in [5.41, 5.74) is -0.0691. The molecule has 0 aliphatic heterocycles. The highest BCUT2D eigenvalue weighted by atomic mass is 19.1. The van der Waals surface area contributed by atoms with E-state index >= 15 is 0 Å². The molecule has 0 saturated carbocycles. The van der Waals surface area contributed by atoms with Crippen LogP contribution in [-0.2, 0) is 4.79 Å². The number of amides is 1. The highest BCUT2D eigenvalue weighted by Crippen LogP contribution is 2.21. The number of hydrogen-bond donors (Lipinski definition) is 2. The van der Waals surface area contributed by atoms with Gasteiger partial charge in [-0.2, -0.15) is 0 Å². The number of anilines is 1. The largest absolute Gasteiger partial charge is 0.457 e. The fourth-order valence-electron chi connectivity index (χ4n) is 1.39. The second kappa shape index (κ2) is 5.22. The van der Waals surface area contributed by atoms with Crippen molar-refractivity contribution in [1.82, 2.24) is 4.98 Å². The Labute approximate surface area is 102 Å². The second-order valence-electron chi connectivity index (χ2n) is 3.52. The molecule has 6 heteroatoms. The number of allylic oxidation sites excluding steroid dienone is 3. The topological polar surface area (TPSA) is 75.1 Å². The van der Waals surface area contributed by atoms with Crippen LogP contribution in [0.2, 0.25) is 0 Å². The lowest BCUT2D eigenvalue weighted by Gasteiger charge is -2.11. The summed E-state index contributed by atoms with van der Waals surface area (Å²) < 4.78 is 18.6. The Bertz CT molecular complexity index is 552. The van der Waals surface area contributed by atoms with Crippen molar-refractivity contribution >= 4 is 17.9 Å². The van der Waals surface area contributed by atoms with Crippen molar-refractivity contribution in [2.45, 2.75) is 6.42 Å². The van der Waals surface area contributed by atoms with Gasteiger partial charge in [0.2, 0.25) is 6.41 Å². The Morgan fingerprint density at radius 1 is 1.56 bits per heavy atom. The molecule has 92 valence electrons. The standard InChI is InChI=1S/C12H10FN3O2/c13-10-5-8(1-2-11(10)14)18-9-3-4-15-12(6-9)16-7-17/h1,3-7,14H,2H2,(H,15,16,17). The van der Waals surface area contributed by atoms with Crippen LogP contribution in [0.25, 0.3) is 0 Å². The molecule has 5 nitrogen and oxygen atoms in total. The van der Waals surface area contributed by atoms with Gasteiger partial charge >= 0.3 is 0 Å². The molecule has 0 bridgehead atoms. The molecule has 0 fully saturated rings. The van der Waals surface area contributed by atoms with E-state index in [-0.39, 0.29) is 12.1 Å². The molecule has 2 rings (SSSR count). The van der Waals surface area contributed by atoms with Gasteiger partial charge in [-0.05, 0) is 12.1 Å². The molecule has 18 heavy (non-hydrogen) atoms. The highest BCUT2D eigenvalue weighted by Gasteiger charge is 2.12. The fraction of sp³-hybridized carbons (Fsp3) is 0.0833. The highest BCUT2D eigenvalue weighted by molar-refractivity contribution is 5.98. The number of nitrogens with one attached hydrogen (secondary N) is 2. The Kier molecular flexibility index (Phi) is 3.47. The summed E-state index contributed by atoms with van der Waals surface area (Å²) in [4.78, 5) is 14.2. The maximum Gasteiger partial charge on any atom is 0.212 e. The Balaban J connectivity index is 2.12. The third-order valence-electron chi connectivity index (χ3n) is 2.24. The molecule has 1 aliphatic rings. The number of ether oxygens (including phenoxy) is 1. The zero-order chi connectivity index (χ0) is 13.0. The number of rotatable bonds is 4. The first-order valence-corrected chi connectivity index (χ1v) is 5.18. The molecule has 1 aromatic rings. The zero-order valence-electron chi connectivity index (χ0n) is 9.31. The van der Waals surface area contributed by atoms with Gasteiger partial charge < -0.3 is 15.5 Å². The van der Waals surface area contributed by atoms with Gasteiger partial charge in [-0.25, -0.2) is 9.37 Å². The van der Waals surface area contributed by atoms with Gasteiger partial charge in [0.15, 0.2) is 0 Å². The summed E-state index contributed by atoms with van der Waals surface area (Å²) in [6.45, 7) is 0. The van der Waals surface area contributed by atoms with Crippen LogP contribution in [0.1, 0.15) is 6.42 Å². The maximum atomic E-state index is 13.2. The van der Waals surface area contributed by atoms with Crippen molar-refractivity contribution in [3.05, 3.63) is 42.1 Å². The summed E-state index contributed by atoms with van der Waals surface area (Å²) in [7, 11) is 0. The lowest BCUT2D eigenvalue weighted by atomic mass is 10.1. The van der Waals surface area contributed by atoms with Gasteiger partial charge in [0.1, 0.15) is 23.2 Å². The second-order valence-corrected chi connectivity index (χ2v) is 3.52. The van der Waals surface area contributed by atoms with E-state index in [2.05, 4.69) is 10.3 Å². The predicted molar refractivity (Wildman–Crippen MR) is 64.2 cm³/mol. The van der Waals surface area contributed by atoms with Gasteiger partial charge in [-0.3, -0.25) is 4.79 Å². The quantitative estimate of drug-likeness (QED) is 0.801. The SMILES string of the molecule is N=C1CC=C(Oc2ccnc(NC=O)c2)C=C1F. The molecule has 0 aromatic carbocycles. The summed E-state index contributed by atoms with van der Waals surface area (Å²) in [5.74, 6) is 0.494. The predicted octanol–water partition coefficient (Wildman–Crippen LogP) is 2.19. The van der Waals surface area contributed by atoms with Crippen LogP contribution in [0.15, 0.2) is 42.1 Å². The molecule has 1 aromatic heterocycles. The van der Waals surface area contributed by atoms with E-state index in [1.165, 1.54) is 12.3 Å². The van der Waals surface area contributed by atoms with E-state index in [1.807, 2.05) is 0 Å². The molecule has 0 spiro atoms. The van der Waals surface area contributed by atoms with E-state index in [9.17, 15) is 9.18 Å². The Morgan fingerprint density at radius 2 is 2.39 bits per heavy atom. The zero-order valence-corrected chi connectivity index (χ0v) is 9.31. The first kappa shape index (κ1) is 12.0. The summed E-state index contributed by atoms with van der Waals surface area (Å²) in [5, 5.41) is 9.64. The number of pyridine rings is 1. The average molecular weight is 247 g/mol. The summed E-state index contributed by atoms with van der Waals surface area (Å²) in [6, 6.07) is 3.10. The van der Waals surface area contributed by atoms with Crippen LogP contribution in [0.3, 0.4) is 0 Å². The van der Waals surface area contributed by atoms with Gasteiger partial charge in [0.05, 0.1) is 5.71 Å². The van der Waals surface area contributed by atoms with Gasteiger partial charge in [-0.15, -0.1) is 0 Å². The minimum absolute atomic E-state index is 0.0691. The van der Waals surface area contributed by atoms with Crippen molar-refractivity contribution in [1.29, 1.82) is 5.41 Å².